The van der Waals surface area contributed by atoms with Gasteiger partial charge in [0.15, 0.2) is 5.60 Å². The first-order chi connectivity index (χ1) is 31.6. The van der Waals surface area contributed by atoms with E-state index in [1.807, 2.05) is 0 Å². The Labute approximate surface area is 377 Å². The topological polar surface area (TPSA) is 190 Å². The number of nitriles is 1. The van der Waals surface area contributed by atoms with Crippen LogP contribution in [-0.2, 0) is 22.2 Å². The number of aromatic amines is 1. The number of fused-ring (bicyclic) bond motifs is 1. The molecular formula is C48H49F4N7O7. The fraction of sp³-hybridized carbons (Fsp3) is 0.375. The molecule has 346 valence electrons. The van der Waals surface area contributed by atoms with E-state index in [2.05, 4.69) is 20.8 Å². The summed E-state index contributed by atoms with van der Waals surface area (Å²) in [5.74, 6) is -0.893. The number of hydrogen-bond acceptors (Lipinski definition) is 10. The molecule has 4 N–H and O–H groups in total. The second kappa shape index (κ2) is 20.4. The minimum Gasteiger partial charge on any atom is -0.494 e. The van der Waals surface area contributed by atoms with Crippen LogP contribution in [0.25, 0.3) is 10.8 Å². The van der Waals surface area contributed by atoms with Crippen LogP contribution in [0.1, 0.15) is 78.2 Å². The largest absolute Gasteiger partial charge is 0.494 e. The monoisotopic (exact) mass is 911 g/mol. The molecule has 2 aliphatic rings. The first-order valence-corrected chi connectivity index (χ1v) is 21.7. The standard InChI is InChI=1S/C48H49F4N7O7/c1-47(64,46(63)55-34-10-9-32(28-53)40(26-34)48(50,51)52)29-66-35-13-11-33(12-14-35)54-18-4-2-3-5-23-65-36-15-16-37-38(27-36)42(56-57-43(37)60)25-30-6-17-41(49)39(24-30)45(62)59-21-19-58(20-22-59)44(61)31-7-8-31/h6,9-17,24,26-27,31,54,64H,2-5,7-8,18-23,25,29H2,1H3,(H,55,63)(H,57,60)/t47-/m1/s1. The van der Waals surface area contributed by atoms with Crippen molar-refractivity contribution in [1.29, 1.82) is 5.26 Å². The van der Waals surface area contributed by atoms with Crippen molar-refractivity contribution in [1.82, 2.24) is 20.0 Å². The Morgan fingerprint density at radius 3 is 2.27 bits per heavy atom. The van der Waals surface area contributed by atoms with Crippen LogP contribution in [0, 0.1) is 23.1 Å². The van der Waals surface area contributed by atoms with Crippen LogP contribution in [-0.4, -0.2) is 94.4 Å². The predicted molar refractivity (Wildman–Crippen MR) is 237 cm³/mol. The van der Waals surface area contributed by atoms with E-state index in [4.69, 9.17) is 14.7 Å². The van der Waals surface area contributed by atoms with E-state index in [-0.39, 0.29) is 35.1 Å². The van der Waals surface area contributed by atoms with Crippen LogP contribution < -0.4 is 25.7 Å². The van der Waals surface area contributed by atoms with Crippen molar-refractivity contribution >= 4 is 39.9 Å². The van der Waals surface area contributed by atoms with Gasteiger partial charge in [0.2, 0.25) is 5.91 Å². The van der Waals surface area contributed by atoms with Crippen LogP contribution in [0.2, 0.25) is 0 Å². The highest BCUT2D eigenvalue weighted by Gasteiger charge is 2.37. The summed E-state index contributed by atoms with van der Waals surface area (Å²) in [5.41, 5.74) is -2.54. The molecule has 2 heterocycles. The fourth-order valence-corrected chi connectivity index (χ4v) is 7.53. The number of ether oxygens (including phenoxy) is 2. The number of hydrogen-bond donors (Lipinski definition) is 4. The van der Waals surface area contributed by atoms with Gasteiger partial charge in [-0.2, -0.15) is 23.5 Å². The van der Waals surface area contributed by atoms with E-state index >= 15 is 4.39 Å². The van der Waals surface area contributed by atoms with E-state index in [1.165, 1.54) is 25.1 Å². The van der Waals surface area contributed by atoms with Gasteiger partial charge in [-0.3, -0.25) is 19.2 Å². The van der Waals surface area contributed by atoms with Gasteiger partial charge in [0.25, 0.3) is 17.4 Å². The van der Waals surface area contributed by atoms with Gasteiger partial charge in [-0.15, -0.1) is 0 Å². The van der Waals surface area contributed by atoms with Crippen LogP contribution in [0.15, 0.2) is 83.7 Å². The lowest BCUT2D eigenvalue weighted by atomic mass is 10.0. The molecule has 2 fully saturated rings. The highest BCUT2D eigenvalue weighted by molar-refractivity contribution is 5.97. The number of benzene rings is 4. The number of nitrogens with one attached hydrogen (secondary N) is 3. The van der Waals surface area contributed by atoms with Gasteiger partial charge in [-0.25, -0.2) is 9.49 Å². The summed E-state index contributed by atoms with van der Waals surface area (Å²) >= 11 is 0. The normalized spacial score (nSPS) is 14.9. The summed E-state index contributed by atoms with van der Waals surface area (Å²) in [5, 5.41) is 33.1. The number of halogens is 4. The zero-order valence-electron chi connectivity index (χ0n) is 36.2. The van der Waals surface area contributed by atoms with Gasteiger partial charge >= 0.3 is 6.18 Å². The number of H-pyrrole nitrogens is 1. The number of piperazine rings is 1. The third kappa shape index (κ3) is 11.8. The number of amides is 3. The van der Waals surface area contributed by atoms with Crippen LogP contribution in [0.3, 0.4) is 0 Å². The molecule has 1 aliphatic heterocycles. The third-order valence-electron chi connectivity index (χ3n) is 11.5. The molecule has 1 aromatic heterocycles. The maximum Gasteiger partial charge on any atom is 0.417 e. The number of carbonyl (C=O) groups excluding carboxylic acids is 3. The maximum atomic E-state index is 15.0. The van der Waals surface area contributed by atoms with Gasteiger partial charge in [-0.1, -0.05) is 18.9 Å². The Morgan fingerprint density at radius 2 is 1.56 bits per heavy atom. The highest BCUT2D eigenvalue weighted by Crippen LogP contribution is 2.34. The second-order valence-electron chi connectivity index (χ2n) is 16.7. The number of alkyl halides is 3. The highest BCUT2D eigenvalue weighted by atomic mass is 19.4. The molecule has 1 atom stereocenters. The van der Waals surface area contributed by atoms with Gasteiger partial charge < -0.3 is 35.0 Å². The number of carbonyl (C=O) groups is 3. The SMILES string of the molecule is C[C@@](O)(COc1ccc(NCCCCCCOc2ccc3c(=O)[nH]nc(Cc4ccc(F)c(C(=O)N5CCN(C(=O)C6CC6)CC5)c4)c3c2)cc1)C(=O)Nc1ccc(C#N)c(C(F)(F)F)c1. The van der Waals surface area contributed by atoms with Gasteiger partial charge in [-0.05, 0) is 111 Å². The number of unbranched alkanes of at least 4 members (excludes halogenated alkanes) is 3. The molecular weight excluding hydrogens is 863 g/mol. The summed E-state index contributed by atoms with van der Waals surface area (Å²) in [7, 11) is 0. The lowest BCUT2D eigenvalue weighted by molar-refractivity contribution is -0.138. The average molecular weight is 912 g/mol. The number of aromatic nitrogens is 2. The average Bonchev–Trinajstić information content (AvgIpc) is 4.16. The second-order valence-corrected chi connectivity index (χ2v) is 16.7. The summed E-state index contributed by atoms with van der Waals surface area (Å²) in [6, 6.07) is 20.6. The number of aliphatic hydroxyl groups is 1. The Bertz CT molecular complexity index is 2670. The molecule has 0 spiro atoms. The molecule has 14 nitrogen and oxygen atoms in total. The van der Waals surface area contributed by atoms with Crippen molar-refractivity contribution in [3.63, 3.8) is 0 Å². The smallest absolute Gasteiger partial charge is 0.417 e. The molecule has 1 saturated heterocycles. The van der Waals surface area contributed by atoms with Gasteiger partial charge in [0, 0.05) is 61.8 Å². The van der Waals surface area contributed by atoms with Crippen LogP contribution in [0.5, 0.6) is 11.5 Å². The van der Waals surface area contributed by atoms with Crippen molar-refractivity contribution in [2.45, 2.75) is 63.6 Å². The summed E-state index contributed by atoms with van der Waals surface area (Å²) in [6.07, 6.45) is 0.727. The molecule has 1 saturated carbocycles. The lowest BCUT2D eigenvalue weighted by Crippen LogP contribution is -2.51. The minimum absolute atomic E-state index is 0.0540. The quantitative estimate of drug-likeness (QED) is 0.0524. The Hall–Kier alpha value is -7.00. The van der Waals surface area contributed by atoms with E-state index in [9.17, 15) is 37.5 Å². The van der Waals surface area contributed by atoms with Crippen molar-refractivity contribution < 1.29 is 46.5 Å². The number of rotatable bonds is 18. The molecule has 18 heteroatoms. The van der Waals surface area contributed by atoms with E-state index in [1.54, 1.807) is 58.3 Å². The van der Waals surface area contributed by atoms with Crippen LogP contribution >= 0.6 is 0 Å². The Balaban J connectivity index is 0.823. The summed E-state index contributed by atoms with van der Waals surface area (Å²) in [6.45, 7) is 3.35. The number of anilines is 2. The van der Waals surface area contributed by atoms with Crippen molar-refractivity contribution in [3.05, 3.63) is 123 Å². The first-order valence-electron chi connectivity index (χ1n) is 21.7. The Kier molecular flexibility index (Phi) is 14.6. The van der Waals surface area contributed by atoms with E-state index in [0.717, 1.165) is 56.3 Å². The molecule has 66 heavy (non-hydrogen) atoms. The molecule has 0 radical (unpaired) electrons. The van der Waals surface area contributed by atoms with Crippen molar-refractivity contribution in [2.75, 3.05) is 56.6 Å². The molecule has 7 rings (SSSR count). The Morgan fingerprint density at radius 1 is 0.864 bits per heavy atom. The third-order valence-corrected chi connectivity index (χ3v) is 11.5. The molecule has 0 bridgehead atoms. The fourth-order valence-electron chi connectivity index (χ4n) is 7.53. The van der Waals surface area contributed by atoms with Crippen molar-refractivity contribution in [3.8, 4) is 17.6 Å². The van der Waals surface area contributed by atoms with E-state index in [0.29, 0.717) is 78.9 Å². The maximum absolute atomic E-state index is 15.0. The summed E-state index contributed by atoms with van der Waals surface area (Å²) < 4.78 is 66.6. The number of nitrogens with zero attached hydrogens (tertiary/aromatic N) is 4. The summed E-state index contributed by atoms with van der Waals surface area (Å²) in [4.78, 5) is 54.6. The molecule has 4 aromatic carbocycles. The predicted octanol–water partition coefficient (Wildman–Crippen LogP) is 7.06. The first kappa shape index (κ1) is 47.0. The van der Waals surface area contributed by atoms with Gasteiger partial charge in [0.05, 0.1) is 40.4 Å². The zero-order chi connectivity index (χ0) is 47.0. The van der Waals surface area contributed by atoms with Crippen molar-refractivity contribution in [2.24, 2.45) is 5.92 Å². The molecule has 1 aliphatic carbocycles. The van der Waals surface area contributed by atoms with E-state index < -0.39 is 47.1 Å². The molecule has 5 aromatic rings. The zero-order valence-corrected chi connectivity index (χ0v) is 36.2. The minimum atomic E-state index is -4.81. The molecule has 0 unspecified atom stereocenters. The van der Waals surface area contributed by atoms with Gasteiger partial charge in [0.1, 0.15) is 23.9 Å². The van der Waals surface area contributed by atoms with Crippen LogP contribution in [0.4, 0.5) is 28.9 Å². The lowest BCUT2D eigenvalue weighted by Gasteiger charge is -2.35. The molecule has 3 amide bonds.